The maximum Gasteiger partial charge on any atom is 0.253 e. The average Bonchev–Trinajstić information content (AvgIpc) is 3.46. The molecule has 170 valence electrons. The van der Waals surface area contributed by atoms with Gasteiger partial charge in [0, 0.05) is 18.5 Å². The van der Waals surface area contributed by atoms with Crippen molar-refractivity contribution in [1.29, 1.82) is 0 Å². The van der Waals surface area contributed by atoms with Gasteiger partial charge in [0.15, 0.2) is 11.0 Å². The van der Waals surface area contributed by atoms with E-state index in [1.54, 1.807) is 5.01 Å². The lowest BCUT2D eigenvalue weighted by Gasteiger charge is -2.19. The summed E-state index contributed by atoms with van der Waals surface area (Å²) in [6.07, 6.45) is 2.58. The molecule has 4 rings (SSSR count). The minimum absolute atomic E-state index is 0.0323. The zero-order valence-corrected chi connectivity index (χ0v) is 20.2. The number of rotatable bonds is 7. The van der Waals surface area contributed by atoms with Crippen LogP contribution in [0.2, 0.25) is 0 Å². The van der Waals surface area contributed by atoms with Crippen LogP contribution < -0.4 is 0 Å². The van der Waals surface area contributed by atoms with E-state index in [9.17, 15) is 4.79 Å². The zero-order chi connectivity index (χ0) is 23.4. The van der Waals surface area contributed by atoms with Crippen molar-refractivity contribution in [3.05, 3.63) is 78.4 Å². The summed E-state index contributed by atoms with van der Waals surface area (Å²) in [6, 6.07) is 18.4. The number of nitrogens with zero attached hydrogens (tertiary/aromatic N) is 5. The lowest BCUT2D eigenvalue weighted by molar-refractivity contribution is -0.127. The number of carbonyl (C=O) groups excluding carboxylic acids is 1. The van der Waals surface area contributed by atoms with Gasteiger partial charge < -0.3 is 0 Å². The summed E-state index contributed by atoms with van der Waals surface area (Å²) >= 11 is 1.38. The third kappa shape index (κ3) is 5.25. The first-order chi connectivity index (χ1) is 15.9. The molecule has 0 atom stereocenters. The smallest absolute Gasteiger partial charge is 0.253 e. The molecule has 6 nitrogen and oxygen atoms in total. The van der Waals surface area contributed by atoms with Gasteiger partial charge in [-0.15, -0.1) is 16.8 Å². The van der Waals surface area contributed by atoms with Gasteiger partial charge in [-0.25, -0.2) is 5.01 Å². The van der Waals surface area contributed by atoms with Gasteiger partial charge in [-0.3, -0.25) is 9.36 Å². The number of hydrogen-bond donors (Lipinski definition) is 0. The number of allylic oxidation sites excluding steroid dienone is 1. The molecule has 33 heavy (non-hydrogen) atoms. The van der Waals surface area contributed by atoms with Crippen molar-refractivity contribution in [2.75, 3.05) is 12.3 Å². The van der Waals surface area contributed by atoms with Crippen molar-refractivity contribution in [3.63, 3.8) is 0 Å². The average molecular weight is 460 g/mol. The number of carbonyl (C=O) groups is 1. The van der Waals surface area contributed by atoms with Gasteiger partial charge in [0.25, 0.3) is 5.91 Å². The highest BCUT2D eigenvalue weighted by molar-refractivity contribution is 7.99. The van der Waals surface area contributed by atoms with Gasteiger partial charge in [-0.1, -0.05) is 93.2 Å². The fraction of sp³-hybridized carbons (Fsp3) is 0.308. The molecule has 0 fully saturated rings. The molecule has 1 aliphatic rings. The molecular weight excluding hydrogens is 430 g/mol. The third-order valence-corrected chi connectivity index (χ3v) is 6.51. The van der Waals surface area contributed by atoms with E-state index in [4.69, 9.17) is 0 Å². The second kappa shape index (κ2) is 9.75. The number of aromatic nitrogens is 3. The SMILES string of the molecule is C=CCn1c(SCC(=O)N2CCC(c3ccccc3)=N2)nnc1-c1ccc(C(C)(C)C)cc1. The number of hydrazone groups is 1. The highest BCUT2D eigenvalue weighted by Crippen LogP contribution is 2.28. The Bertz CT molecular complexity index is 1160. The van der Waals surface area contributed by atoms with E-state index in [1.165, 1.54) is 17.3 Å². The molecule has 0 N–H and O–H groups in total. The molecule has 0 saturated carbocycles. The van der Waals surface area contributed by atoms with E-state index in [2.05, 4.69) is 66.9 Å². The van der Waals surface area contributed by atoms with Crippen LogP contribution in [0.25, 0.3) is 11.4 Å². The topological polar surface area (TPSA) is 63.4 Å². The van der Waals surface area contributed by atoms with Crippen LogP contribution in [0.1, 0.15) is 38.3 Å². The Morgan fingerprint density at radius 3 is 2.45 bits per heavy atom. The molecule has 7 heteroatoms. The molecule has 0 bridgehead atoms. The molecule has 0 radical (unpaired) electrons. The number of amides is 1. The molecular formula is C26H29N5OS. The standard InChI is InChI=1S/C26H29N5OS/c1-5-16-30-24(20-11-13-21(14-12-20)26(2,3)4)27-28-25(30)33-18-23(32)31-17-15-22(29-31)19-9-7-6-8-10-19/h5-14H,1,15-18H2,2-4H3. The van der Waals surface area contributed by atoms with E-state index < -0.39 is 0 Å². The van der Waals surface area contributed by atoms with Crippen LogP contribution in [0.4, 0.5) is 0 Å². The summed E-state index contributed by atoms with van der Waals surface area (Å²) in [5, 5.41) is 15.6. The van der Waals surface area contributed by atoms with E-state index >= 15 is 0 Å². The Kier molecular flexibility index (Phi) is 6.79. The van der Waals surface area contributed by atoms with Crippen molar-refractivity contribution in [2.24, 2.45) is 5.10 Å². The van der Waals surface area contributed by atoms with Crippen molar-refractivity contribution in [3.8, 4) is 11.4 Å². The number of thioether (sulfide) groups is 1. The Balaban J connectivity index is 1.47. The molecule has 0 aliphatic carbocycles. The van der Waals surface area contributed by atoms with Crippen LogP contribution in [0, 0.1) is 0 Å². The first-order valence-corrected chi connectivity index (χ1v) is 12.1. The highest BCUT2D eigenvalue weighted by atomic mass is 32.2. The second-order valence-electron chi connectivity index (χ2n) is 9.00. The molecule has 2 heterocycles. The maximum atomic E-state index is 12.8. The summed E-state index contributed by atoms with van der Waals surface area (Å²) in [5.41, 5.74) is 4.36. The molecule has 1 amide bonds. The van der Waals surface area contributed by atoms with Gasteiger partial charge in [0.05, 0.1) is 18.0 Å². The van der Waals surface area contributed by atoms with E-state index in [0.29, 0.717) is 18.2 Å². The predicted octanol–water partition coefficient (Wildman–Crippen LogP) is 5.16. The first-order valence-electron chi connectivity index (χ1n) is 11.1. The Morgan fingerprint density at radius 1 is 1.06 bits per heavy atom. The Labute approximate surface area is 199 Å². The first kappa shape index (κ1) is 23.0. The summed E-state index contributed by atoms with van der Waals surface area (Å²) in [5.74, 6) is 0.995. The van der Waals surface area contributed by atoms with Gasteiger partial charge in [-0.05, 0) is 16.5 Å². The van der Waals surface area contributed by atoms with Gasteiger partial charge in [-0.2, -0.15) is 5.10 Å². The normalized spacial score (nSPS) is 13.8. The molecule has 0 saturated heterocycles. The largest absolute Gasteiger partial charge is 0.298 e. The monoisotopic (exact) mass is 459 g/mol. The van der Waals surface area contributed by atoms with E-state index in [-0.39, 0.29) is 17.1 Å². The number of hydrogen-bond acceptors (Lipinski definition) is 5. The Hall–Kier alpha value is -3.19. The fourth-order valence-corrected chi connectivity index (χ4v) is 4.51. The molecule has 2 aromatic carbocycles. The van der Waals surface area contributed by atoms with Crippen molar-refractivity contribution in [2.45, 2.75) is 44.3 Å². The minimum atomic E-state index is -0.0323. The van der Waals surface area contributed by atoms with Crippen LogP contribution in [0.5, 0.6) is 0 Å². The second-order valence-corrected chi connectivity index (χ2v) is 9.94. The summed E-state index contributed by atoms with van der Waals surface area (Å²) < 4.78 is 2.00. The quantitative estimate of drug-likeness (QED) is 0.362. The zero-order valence-electron chi connectivity index (χ0n) is 19.4. The molecule has 0 spiro atoms. The van der Waals surface area contributed by atoms with Crippen molar-refractivity contribution >= 4 is 23.4 Å². The fourth-order valence-electron chi connectivity index (χ4n) is 3.69. The number of benzene rings is 2. The lowest BCUT2D eigenvalue weighted by Crippen LogP contribution is -2.25. The third-order valence-electron chi connectivity index (χ3n) is 5.56. The lowest BCUT2D eigenvalue weighted by atomic mass is 9.87. The van der Waals surface area contributed by atoms with E-state index in [1.807, 2.05) is 41.0 Å². The van der Waals surface area contributed by atoms with Gasteiger partial charge in [0.2, 0.25) is 0 Å². The van der Waals surface area contributed by atoms with Crippen LogP contribution >= 0.6 is 11.8 Å². The van der Waals surface area contributed by atoms with E-state index in [0.717, 1.165) is 29.1 Å². The molecule has 1 aromatic heterocycles. The summed E-state index contributed by atoms with van der Waals surface area (Å²) in [4.78, 5) is 12.8. The van der Waals surface area contributed by atoms with Crippen molar-refractivity contribution in [1.82, 2.24) is 19.8 Å². The van der Waals surface area contributed by atoms with Gasteiger partial charge in [0.1, 0.15) is 0 Å². The predicted molar refractivity (Wildman–Crippen MR) is 134 cm³/mol. The van der Waals surface area contributed by atoms with Crippen LogP contribution in [0.3, 0.4) is 0 Å². The summed E-state index contributed by atoms with van der Waals surface area (Å²) in [6.45, 7) is 11.6. The minimum Gasteiger partial charge on any atom is -0.298 e. The molecule has 3 aromatic rings. The molecule has 0 unspecified atom stereocenters. The van der Waals surface area contributed by atoms with Crippen molar-refractivity contribution < 1.29 is 4.79 Å². The van der Waals surface area contributed by atoms with Crippen LogP contribution in [-0.4, -0.2) is 43.7 Å². The summed E-state index contributed by atoms with van der Waals surface area (Å²) in [7, 11) is 0. The maximum absolute atomic E-state index is 12.8. The van der Waals surface area contributed by atoms with Gasteiger partial charge >= 0.3 is 0 Å². The van der Waals surface area contributed by atoms with Crippen LogP contribution in [0.15, 0.2) is 77.5 Å². The van der Waals surface area contributed by atoms with Crippen LogP contribution in [-0.2, 0) is 16.8 Å². The molecule has 1 aliphatic heterocycles. The Morgan fingerprint density at radius 2 is 1.79 bits per heavy atom. The highest BCUT2D eigenvalue weighted by Gasteiger charge is 2.23.